The maximum atomic E-state index is 11.1. The van der Waals surface area contributed by atoms with Crippen LogP contribution in [-0.2, 0) is 9.63 Å². The average Bonchev–Trinajstić information content (AvgIpc) is 2.21. The van der Waals surface area contributed by atoms with Gasteiger partial charge in [0.1, 0.15) is 5.04 Å². The highest BCUT2D eigenvalue weighted by Gasteiger charge is 2.08. The second-order valence-corrected chi connectivity index (χ2v) is 4.48. The number of carbonyl (C=O) groups excluding carboxylic acids is 2. The number of carbonyl (C=O) groups is 2. The highest BCUT2D eigenvalue weighted by atomic mass is 32.2. The number of nitrogens with zero attached hydrogens (tertiary/aromatic N) is 2. The van der Waals surface area contributed by atoms with Crippen LogP contribution < -0.4 is 5.73 Å². The molecule has 86 valence electrons. The topological polar surface area (TPSA) is 85.0 Å². The summed E-state index contributed by atoms with van der Waals surface area (Å²) in [5.41, 5.74) is 4.93. The molecule has 0 rings (SSSR count). The molecule has 0 heterocycles. The molecular weight excluding hydrogens is 238 g/mol. The fourth-order valence-electron chi connectivity index (χ4n) is 0.437. The average molecular weight is 251 g/mol. The molecule has 0 bridgehead atoms. The van der Waals surface area contributed by atoms with Crippen molar-refractivity contribution in [1.29, 1.82) is 0 Å². The van der Waals surface area contributed by atoms with E-state index in [1.54, 1.807) is 20.2 Å². The zero-order valence-corrected chi connectivity index (χ0v) is 10.4. The van der Waals surface area contributed by atoms with Crippen LogP contribution in [0.15, 0.2) is 5.16 Å². The minimum Gasteiger partial charge on any atom is -0.369 e. The molecular formula is C7H13N3O3S2. The van der Waals surface area contributed by atoms with E-state index in [1.165, 1.54) is 16.3 Å². The summed E-state index contributed by atoms with van der Waals surface area (Å²) in [6, 6.07) is 0. The molecule has 15 heavy (non-hydrogen) atoms. The Hall–Kier alpha value is -0.890. The standard InChI is InChI=1S/C7H13N3O3S2/c1-5(15-4-6(8)11)9-13-7(12)10(2)14-3/h4H2,1-3H3,(H2,8,11). The zero-order valence-electron chi connectivity index (χ0n) is 8.72. The molecule has 0 atom stereocenters. The number of nitrogens with two attached hydrogens (primary N) is 1. The Balaban J connectivity index is 3.94. The van der Waals surface area contributed by atoms with Gasteiger partial charge < -0.3 is 5.73 Å². The Kier molecular flexibility index (Phi) is 6.97. The van der Waals surface area contributed by atoms with E-state index in [4.69, 9.17) is 5.73 Å². The third-order valence-electron chi connectivity index (χ3n) is 1.21. The summed E-state index contributed by atoms with van der Waals surface area (Å²) in [6.07, 6.45) is 1.17. The second kappa shape index (κ2) is 7.41. The van der Waals surface area contributed by atoms with Crippen LogP contribution in [0.2, 0.25) is 0 Å². The summed E-state index contributed by atoms with van der Waals surface area (Å²) in [6.45, 7) is 1.62. The van der Waals surface area contributed by atoms with Gasteiger partial charge in [0.25, 0.3) is 0 Å². The van der Waals surface area contributed by atoms with Crippen molar-refractivity contribution < 1.29 is 14.4 Å². The van der Waals surface area contributed by atoms with E-state index in [9.17, 15) is 9.59 Å². The minimum atomic E-state index is -0.568. The third-order valence-corrected chi connectivity index (χ3v) is 2.82. The van der Waals surface area contributed by atoms with Gasteiger partial charge in [0.15, 0.2) is 0 Å². The van der Waals surface area contributed by atoms with Crippen LogP contribution in [-0.4, -0.2) is 40.4 Å². The first-order valence-corrected chi connectivity index (χ1v) is 6.08. The SMILES string of the molecule is CSN(C)C(=O)ON=C(C)SCC(N)=O. The monoisotopic (exact) mass is 251 g/mol. The van der Waals surface area contributed by atoms with Gasteiger partial charge in [-0.25, -0.2) is 4.79 Å². The maximum Gasteiger partial charge on any atom is 0.445 e. The molecule has 0 aliphatic carbocycles. The molecule has 0 aliphatic rings. The number of thioether (sulfide) groups is 1. The third kappa shape index (κ3) is 7.09. The Bertz CT molecular complexity index is 270. The van der Waals surface area contributed by atoms with Gasteiger partial charge in [-0.05, 0) is 18.9 Å². The Morgan fingerprint density at radius 1 is 1.53 bits per heavy atom. The Morgan fingerprint density at radius 3 is 2.60 bits per heavy atom. The second-order valence-electron chi connectivity index (χ2n) is 2.40. The molecule has 2 N–H and O–H groups in total. The lowest BCUT2D eigenvalue weighted by atomic mass is 10.8. The molecule has 0 aliphatic heterocycles. The molecule has 0 aromatic rings. The van der Waals surface area contributed by atoms with Gasteiger partial charge in [-0.15, -0.1) is 0 Å². The van der Waals surface area contributed by atoms with Crippen molar-refractivity contribution in [2.75, 3.05) is 19.1 Å². The first kappa shape index (κ1) is 14.1. The number of rotatable bonds is 4. The van der Waals surface area contributed by atoms with Crippen molar-refractivity contribution >= 4 is 40.8 Å². The maximum absolute atomic E-state index is 11.1. The Morgan fingerprint density at radius 2 is 2.13 bits per heavy atom. The smallest absolute Gasteiger partial charge is 0.369 e. The zero-order chi connectivity index (χ0) is 11.8. The van der Waals surface area contributed by atoms with Gasteiger partial charge in [-0.1, -0.05) is 16.9 Å². The van der Waals surface area contributed by atoms with Gasteiger partial charge in [0.2, 0.25) is 5.91 Å². The predicted molar refractivity (Wildman–Crippen MR) is 62.5 cm³/mol. The van der Waals surface area contributed by atoms with Gasteiger partial charge in [-0.2, -0.15) is 0 Å². The lowest BCUT2D eigenvalue weighted by Gasteiger charge is -2.09. The summed E-state index contributed by atoms with van der Waals surface area (Å²) in [7, 11) is 1.56. The molecule has 2 amide bonds. The highest BCUT2D eigenvalue weighted by molar-refractivity contribution is 8.14. The van der Waals surface area contributed by atoms with Gasteiger partial charge in [0, 0.05) is 13.3 Å². The summed E-state index contributed by atoms with van der Waals surface area (Å²) < 4.78 is 1.29. The number of amides is 2. The minimum absolute atomic E-state index is 0.116. The molecule has 0 saturated heterocycles. The lowest BCUT2D eigenvalue weighted by Crippen LogP contribution is -2.18. The van der Waals surface area contributed by atoms with Crippen LogP contribution in [0, 0.1) is 0 Å². The van der Waals surface area contributed by atoms with Crippen molar-refractivity contribution in [3.8, 4) is 0 Å². The van der Waals surface area contributed by atoms with Crippen LogP contribution in [0.3, 0.4) is 0 Å². The normalized spacial score (nSPS) is 11.0. The molecule has 0 aromatic heterocycles. The number of hydrogen-bond donors (Lipinski definition) is 1. The van der Waals surface area contributed by atoms with Crippen LogP contribution in [0.4, 0.5) is 4.79 Å². The Labute approximate surface area is 96.7 Å². The molecule has 0 radical (unpaired) electrons. The van der Waals surface area contributed by atoms with Crippen LogP contribution in [0.25, 0.3) is 0 Å². The highest BCUT2D eigenvalue weighted by Crippen LogP contribution is 2.06. The molecule has 0 saturated carbocycles. The summed E-state index contributed by atoms with van der Waals surface area (Å²) in [4.78, 5) is 26.1. The van der Waals surface area contributed by atoms with E-state index in [-0.39, 0.29) is 5.75 Å². The van der Waals surface area contributed by atoms with Crippen LogP contribution in [0.5, 0.6) is 0 Å². The van der Waals surface area contributed by atoms with E-state index in [2.05, 4.69) is 9.99 Å². The van der Waals surface area contributed by atoms with Crippen LogP contribution >= 0.6 is 23.7 Å². The summed E-state index contributed by atoms with van der Waals surface area (Å²) in [5.74, 6) is -0.326. The van der Waals surface area contributed by atoms with Crippen molar-refractivity contribution in [3.63, 3.8) is 0 Å². The van der Waals surface area contributed by atoms with Crippen molar-refractivity contribution in [3.05, 3.63) is 0 Å². The molecule has 6 nitrogen and oxygen atoms in total. The first-order chi connectivity index (χ1) is 6.97. The lowest BCUT2D eigenvalue weighted by molar-refractivity contribution is -0.115. The van der Waals surface area contributed by atoms with E-state index in [1.807, 2.05) is 0 Å². The quantitative estimate of drug-likeness (QED) is 0.264. The number of hydrogen-bond acceptors (Lipinski definition) is 6. The molecule has 8 heteroatoms. The van der Waals surface area contributed by atoms with E-state index < -0.39 is 12.0 Å². The summed E-state index contributed by atoms with van der Waals surface area (Å²) >= 11 is 2.33. The van der Waals surface area contributed by atoms with Crippen molar-refractivity contribution in [1.82, 2.24) is 4.31 Å². The largest absolute Gasteiger partial charge is 0.445 e. The number of oxime groups is 1. The van der Waals surface area contributed by atoms with E-state index in [0.717, 1.165) is 11.8 Å². The van der Waals surface area contributed by atoms with Gasteiger partial charge >= 0.3 is 6.09 Å². The fraction of sp³-hybridized carbons (Fsp3) is 0.571. The van der Waals surface area contributed by atoms with Crippen LogP contribution in [0.1, 0.15) is 6.92 Å². The molecule has 0 unspecified atom stereocenters. The van der Waals surface area contributed by atoms with Gasteiger partial charge in [0.05, 0.1) is 5.75 Å². The van der Waals surface area contributed by atoms with Gasteiger partial charge in [-0.3, -0.25) is 13.9 Å². The van der Waals surface area contributed by atoms with E-state index in [0.29, 0.717) is 5.04 Å². The molecule has 0 spiro atoms. The fourth-order valence-corrected chi connectivity index (χ4v) is 1.06. The molecule has 0 aromatic carbocycles. The number of primary amides is 1. The first-order valence-electron chi connectivity index (χ1n) is 3.92. The molecule has 0 fully saturated rings. The van der Waals surface area contributed by atoms with Crippen molar-refractivity contribution in [2.24, 2.45) is 10.9 Å². The summed E-state index contributed by atoms with van der Waals surface area (Å²) in [5, 5.41) is 4.00. The van der Waals surface area contributed by atoms with E-state index >= 15 is 0 Å². The van der Waals surface area contributed by atoms with Crippen molar-refractivity contribution in [2.45, 2.75) is 6.92 Å². The predicted octanol–water partition coefficient (Wildman–Crippen LogP) is 0.885.